The van der Waals surface area contributed by atoms with Crippen molar-refractivity contribution in [2.75, 3.05) is 17.1 Å². The molecule has 0 bridgehead atoms. The molecule has 2 aromatic carbocycles. The standard InChI is InChI=1S/C20H25ClN2O3S/c1-4-19(20(24)22-14-15(2)16-8-6-5-7-9-16)23(27(3,25)26)18-12-10-17(21)11-13-18/h5-13,15,19H,4,14H2,1-3H3,(H,22,24)/t15-,19+/m1/s1. The zero-order valence-corrected chi connectivity index (χ0v) is 17.3. The largest absolute Gasteiger partial charge is 0.354 e. The van der Waals surface area contributed by atoms with Gasteiger partial charge in [-0.05, 0) is 42.2 Å². The fraction of sp³-hybridized carbons (Fsp3) is 0.350. The van der Waals surface area contributed by atoms with Crippen LogP contribution in [0.5, 0.6) is 0 Å². The summed E-state index contributed by atoms with van der Waals surface area (Å²) in [5.41, 5.74) is 1.53. The van der Waals surface area contributed by atoms with E-state index in [1.165, 1.54) is 0 Å². The van der Waals surface area contributed by atoms with Crippen molar-refractivity contribution in [2.24, 2.45) is 0 Å². The van der Waals surface area contributed by atoms with E-state index < -0.39 is 16.1 Å². The number of rotatable bonds is 8. The number of anilines is 1. The van der Waals surface area contributed by atoms with Crippen molar-refractivity contribution >= 4 is 33.2 Å². The number of amides is 1. The average Bonchev–Trinajstić information content (AvgIpc) is 2.64. The Bertz CT molecular complexity index is 855. The van der Waals surface area contributed by atoms with Crippen molar-refractivity contribution in [1.29, 1.82) is 0 Å². The van der Waals surface area contributed by atoms with Gasteiger partial charge in [-0.3, -0.25) is 9.10 Å². The number of halogens is 1. The van der Waals surface area contributed by atoms with E-state index in [-0.39, 0.29) is 11.8 Å². The van der Waals surface area contributed by atoms with Crippen LogP contribution in [0.2, 0.25) is 5.02 Å². The van der Waals surface area contributed by atoms with Gasteiger partial charge in [-0.25, -0.2) is 8.42 Å². The smallest absolute Gasteiger partial charge is 0.243 e. The molecule has 27 heavy (non-hydrogen) atoms. The fourth-order valence-electron chi connectivity index (χ4n) is 2.92. The van der Waals surface area contributed by atoms with E-state index in [1.807, 2.05) is 37.3 Å². The van der Waals surface area contributed by atoms with E-state index in [9.17, 15) is 13.2 Å². The molecule has 2 aromatic rings. The molecular weight excluding hydrogens is 384 g/mol. The van der Waals surface area contributed by atoms with Gasteiger partial charge in [0.2, 0.25) is 15.9 Å². The molecule has 1 N–H and O–H groups in total. The molecule has 0 aliphatic heterocycles. The number of sulfonamides is 1. The third-order valence-corrected chi connectivity index (χ3v) is 5.79. The van der Waals surface area contributed by atoms with Gasteiger partial charge in [0, 0.05) is 11.6 Å². The van der Waals surface area contributed by atoms with Crippen LogP contribution in [0.3, 0.4) is 0 Å². The van der Waals surface area contributed by atoms with Gasteiger partial charge in [0.15, 0.2) is 0 Å². The maximum absolute atomic E-state index is 12.8. The fourth-order valence-corrected chi connectivity index (χ4v) is 4.26. The summed E-state index contributed by atoms with van der Waals surface area (Å²) in [5.74, 6) is -0.199. The van der Waals surface area contributed by atoms with Gasteiger partial charge < -0.3 is 5.32 Å². The molecule has 0 fully saturated rings. The van der Waals surface area contributed by atoms with E-state index in [0.717, 1.165) is 16.1 Å². The number of nitrogens with one attached hydrogen (secondary N) is 1. The lowest BCUT2D eigenvalue weighted by molar-refractivity contribution is -0.122. The minimum absolute atomic E-state index is 0.120. The summed E-state index contributed by atoms with van der Waals surface area (Å²) < 4.78 is 25.9. The summed E-state index contributed by atoms with van der Waals surface area (Å²) >= 11 is 5.90. The van der Waals surface area contributed by atoms with Crippen LogP contribution in [0.1, 0.15) is 31.7 Å². The van der Waals surface area contributed by atoms with Gasteiger partial charge in [0.25, 0.3) is 0 Å². The third kappa shape index (κ3) is 5.71. The van der Waals surface area contributed by atoms with Crippen LogP contribution in [0.15, 0.2) is 54.6 Å². The van der Waals surface area contributed by atoms with Crippen LogP contribution in [0, 0.1) is 0 Å². The van der Waals surface area contributed by atoms with Crippen molar-refractivity contribution in [3.63, 3.8) is 0 Å². The first-order chi connectivity index (χ1) is 12.7. The number of hydrogen-bond acceptors (Lipinski definition) is 3. The second kappa shape index (κ2) is 9.24. The topological polar surface area (TPSA) is 66.5 Å². The van der Waals surface area contributed by atoms with Gasteiger partial charge in [0.05, 0.1) is 11.9 Å². The molecule has 0 aromatic heterocycles. The summed E-state index contributed by atoms with van der Waals surface area (Å²) in [5, 5.41) is 3.40. The number of nitrogens with zero attached hydrogens (tertiary/aromatic N) is 1. The monoisotopic (exact) mass is 408 g/mol. The molecule has 0 aliphatic rings. The Morgan fingerprint density at radius 2 is 1.70 bits per heavy atom. The molecule has 5 nitrogen and oxygen atoms in total. The summed E-state index contributed by atoms with van der Waals surface area (Å²) in [7, 11) is -3.65. The van der Waals surface area contributed by atoms with Crippen LogP contribution in [0.25, 0.3) is 0 Å². The highest BCUT2D eigenvalue weighted by atomic mass is 35.5. The number of benzene rings is 2. The lowest BCUT2D eigenvalue weighted by atomic mass is 10.0. The highest BCUT2D eigenvalue weighted by Gasteiger charge is 2.31. The minimum Gasteiger partial charge on any atom is -0.354 e. The third-order valence-electron chi connectivity index (χ3n) is 4.36. The zero-order chi connectivity index (χ0) is 20.0. The predicted molar refractivity (Wildman–Crippen MR) is 111 cm³/mol. The first kappa shape index (κ1) is 21.3. The molecule has 2 atom stereocenters. The molecule has 146 valence electrons. The van der Waals surface area contributed by atoms with Gasteiger partial charge in [-0.15, -0.1) is 0 Å². The molecule has 0 saturated carbocycles. The maximum Gasteiger partial charge on any atom is 0.243 e. The van der Waals surface area contributed by atoms with E-state index in [0.29, 0.717) is 23.7 Å². The summed E-state index contributed by atoms with van der Waals surface area (Å²) in [6.45, 7) is 4.24. The lowest BCUT2D eigenvalue weighted by Crippen LogP contribution is -2.49. The Kier molecular flexibility index (Phi) is 7.27. The van der Waals surface area contributed by atoms with Crippen LogP contribution < -0.4 is 9.62 Å². The number of carbonyl (C=O) groups excluding carboxylic acids is 1. The van der Waals surface area contributed by atoms with Crippen molar-refractivity contribution < 1.29 is 13.2 Å². The second-order valence-corrected chi connectivity index (χ2v) is 8.81. The Labute approximate surface area is 166 Å². The SMILES string of the molecule is CC[C@@H](C(=O)NC[C@@H](C)c1ccccc1)N(c1ccc(Cl)cc1)S(C)(=O)=O. The van der Waals surface area contributed by atoms with Crippen LogP contribution >= 0.6 is 11.6 Å². The van der Waals surface area contributed by atoms with Crippen molar-refractivity contribution in [3.05, 3.63) is 65.2 Å². The highest BCUT2D eigenvalue weighted by molar-refractivity contribution is 7.92. The number of carbonyl (C=O) groups is 1. The van der Waals surface area contributed by atoms with Crippen LogP contribution in [0.4, 0.5) is 5.69 Å². The Morgan fingerprint density at radius 3 is 2.22 bits per heavy atom. The van der Waals surface area contributed by atoms with Crippen molar-refractivity contribution in [3.8, 4) is 0 Å². The quantitative estimate of drug-likeness (QED) is 0.722. The van der Waals surface area contributed by atoms with Gasteiger partial charge in [-0.1, -0.05) is 55.8 Å². The van der Waals surface area contributed by atoms with E-state index in [1.54, 1.807) is 31.2 Å². The van der Waals surface area contributed by atoms with Crippen LogP contribution in [-0.2, 0) is 14.8 Å². The molecular formula is C20H25ClN2O3S. The first-order valence-electron chi connectivity index (χ1n) is 8.81. The molecule has 0 spiro atoms. The lowest BCUT2D eigenvalue weighted by Gasteiger charge is -2.30. The normalized spacial score (nSPS) is 13.6. The maximum atomic E-state index is 12.8. The van der Waals surface area contributed by atoms with E-state index in [4.69, 9.17) is 11.6 Å². The molecule has 0 radical (unpaired) electrons. The van der Waals surface area contributed by atoms with Gasteiger partial charge in [0.1, 0.15) is 6.04 Å². The average molecular weight is 409 g/mol. The molecule has 2 rings (SSSR count). The van der Waals surface area contributed by atoms with Crippen LogP contribution in [-0.4, -0.2) is 33.2 Å². The molecule has 0 saturated heterocycles. The summed E-state index contributed by atoms with van der Waals surface area (Å²) in [6, 6.07) is 15.5. The molecule has 7 heteroatoms. The molecule has 0 unspecified atom stereocenters. The highest BCUT2D eigenvalue weighted by Crippen LogP contribution is 2.24. The first-order valence-corrected chi connectivity index (χ1v) is 11.0. The van der Waals surface area contributed by atoms with Gasteiger partial charge in [-0.2, -0.15) is 0 Å². The van der Waals surface area contributed by atoms with Crippen molar-refractivity contribution in [1.82, 2.24) is 5.32 Å². The Hall–Kier alpha value is -2.05. The summed E-state index contributed by atoms with van der Waals surface area (Å²) in [4.78, 5) is 12.8. The van der Waals surface area contributed by atoms with E-state index >= 15 is 0 Å². The summed E-state index contributed by atoms with van der Waals surface area (Å²) in [6.07, 6.45) is 1.45. The predicted octanol–water partition coefficient (Wildman–Crippen LogP) is 3.80. The number of hydrogen-bond donors (Lipinski definition) is 1. The van der Waals surface area contributed by atoms with Gasteiger partial charge >= 0.3 is 0 Å². The Morgan fingerprint density at radius 1 is 1.11 bits per heavy atom. The zero-order valence-electron chi connectivity index (χ0n) is 15.7. The Balaban J connectivity index is 2.18. The second-order valence-electron chi connectivity index (χ2n) is 6.52. The van der Waals surface area contributed by atoms with E-state index in [2.05, 4.69) is 5.32 Å². The molecule has 0 aliphatic carbocycles. The van der Waals surface area contributed by atoms with Crippen molar-refractivity contribution in [2.45, 2.75) is 32.2 Å². The molecule has 1 amide bonds. The minimum atomic E-state index is -3.65. The molecule has 0 heterocycles.